The van der Waals surface area contributed by atoms with E-state index in [1.165, 1.54) is 18.5 Å². The number of hydrogen-bond acceptors (Lipinski definition) is 12. The quantitative estimate of drug-likeness (QED) is 0.169. The van der Waals surface area contributed by atoms with Gasteiger partial charge in [0.15, 0.2) is 5.82 Å². The van der Waals surface area contributed by atoms with Crippen molar-refractivity contribution >= 4 is 72.4 Å². The van der Waals surface area contributed by atoms with E-state index < -0.39 is 28.8 Å². The van der Waals surface area contributed by atoms with Crippen molar-refractivity contribution in [2.75, 3.05) is 50.0 Å². The summed E-state index contributed by atoms with van der Waals surface area (Å²) in [5.41, 5.74) is 5.00. The summed E-state index contributed by atoms with van der Waals surface area (Å²) < 4.78 is 55.0. The van der Waals surface area contributed by atoms with E-state index in [1.807, 2.05) is 24.8 Å². The van der Waals surface area contributed by atoms with Gasteiger partial charge in [0.05, 0.1) is 26.9 Å². The van der Waals surface area contributed by atoms with E-state index in [4.69, 9.17) is 38.7 Å². The Bertz CT molecular complexity index is 2630. The van der Waals surface area contributed by atoms with E-state index in [-0.39, 0.29) is 95.9 Å². The number of ether oxygens (including phenoxy) is 1. The van der Waals surface area contributed by atoms with Crippen LogP contribution in [-0.2, 0) is 0 Å². The van der Waals surface area contributed by atoms with Gasteiger partial charge in [0.25, 0.3) is 0 Å². The third-order valence-corrected chi connectivity index (χ3v) is 14.1. The van der Waals surface area contributed by atoms with Crippen LogP contribution in [-0.4, -0.2) is 97.6 Å². The van der Waals surface area contributed by atoms with Crippen LogP contribution in [0, 0.1) is 51.5 Å². The van der Waals surface area contributed by atoms with Crippen LogP contribution in [0.3, 0.4) is 0 Å². The number of benzene rings is 2. The predicted octanol–water partition coefficient (Wildman–Crippen LogP) is 7.83. The first kappa shape index (κ1) is 39.5. The number of thiophene rings is 1. The normalized spacial score (nSPS) is 25.5. The van der Waals surface area contributed by atoms with Gasteiger partial charge in [-0.25, -0.2) is 22.9 Å². The maximum Gasteiger partial charge on any atom is 0.346 e. The molecule has 4 aliphatic rings. The van der Waals surface area contributed by atoms with Crippen molar-refractivity contribution in [2.24, 2.45) is 17.3 Å². The van der Waals surface area contributed by atoms with Crippen LogP contribution in [0.4, 0.5) is 28.8 Å². The number of alkyl halides is 1. The molecule has 0 aliphatic carbocycles. The summed E-state index contributed by atoms with van der Waals surface area (Å²) in [6, 6.07) is 7.67. The van der Waals surface area contributed by atoms with Gasteiger partial charge in [0, 0.05) is 66.8 Å². The number of aromatic nitrogens is 5. The van der Waals surface area contributed by atoms with E-state index in [2.05, 4.69) is 26.0 Å². The van der Waals surface area contributed by atoms with E-state index >= 15 is 8.78 Å². The average Bonchev–Trinajstić information content (AvgIpc) is 3.95. The Morgan fingerprint density at radius 2 is 1.98 bits per heavy atom. The van der Waals surface area contributed by atoms with Crippen molar-refractivity contribution in [3.63, 3.8) is 0 Å². The zero-order valence-corrected chi connectivity index (χ0v) is 34.4. The largest absolute Gasteiger partial charge is 0.461 e. The summed E-state index contributed by atoms with van der Waals surface area (Å²) >= 11 is 13.9. The van der Waals surface area contributed by atoms with Gasteiger partial charge in [0.1, 0.15) is 47.3 Å². The van der Waals surface area contributed by atoms with Crippen LogP contribution in [0.15, 0.2) is 24.5 Å². The van der Waals surface area contributed by atoms with Gasteiger partial charge in [-0.15, -0.1) is 16.4 Å². The molecule has 1 spiro atoms. The van der Waals surface area contributed by atoms with E-state index in [9.17, 15) is 19.7 Å². The fraction of sp³-hybridized carbons (Fsp3) is 0.475. The van der Waals surface area contributed by atoms with Crippen molar-refractivity contribution in [3.8, 4) is 29.3 Å². The molecule has 7 heterocycles. The average molecular weight is 865 g/mol. The first-order valence-electron chi connectivity index (χ1n) is 19.4. The molecule has 2 N–H and O–H groups in total. The van der Waals surface area contributed by atoms with Crippen molar-refractivity contribution in [1.82, 2.24) is 34.5 Å². The first-order chi connectivity index (χ1) is 28.3. The second-order valence-electron chi connectivity index (χ2n) is 16.6. The Balaban J connectivity index is 1.18. The Labute approximate surface area is 351 Å². The van der Waals surface area contributed by atoms with E-state index in [1.54, 1.807) is 11.0 Å². The van der Waals surface area contributed by atoms with Gasteiger partial charge >= 0.3 is 12.0 Å². The Morgan fingerprint density at radius 3 is 2.71 bits per heavy atom. The van der Waals surface area contributed by atoms with Crippen LogP contribution in [0.5, 0.6) is 6.01 Å². The third-order valence-electron chi connectivity index (χ3n) is 12.6. The number of anilines is 2. The molecule has 306 valence electrons. The maximum absolute atomic E-state index is 17.5. The number of nitrogens with zero attached hydrogens (tertiary/aromatic N) is 10. The topological polar surface area (TPSA) is 166 Å². The van der Waals surface area contributed by atoms with Crippen LogP contribution >= 0.6 is 34.5 Å². The summed E-state index contributed by atoms with van der Waals surface area (Å²) in [6.45, 7) is 6.29. The van der Waals surface area contributed by atoms with E-state index in [0.29, 0.717) is 44.8 Å². The summed E-state index contributed by atoms with van der Waals surface area (Å²) in [5, 5.41) is 24.4. The number of carbonyl (C=O) groups is 1. The highest BCUT2D eigenvalue weighted by atomic mass is 35.5. The third kappa shape index (κ3) is 6.40. The van der Waals surface area contributed by atoms with Crippen LogP contribution in [0.1, 0.15) is 51.5 Å². The first-order valence-corrected chi connectivity index (χ1v) is 21.0. The van der Waals surface area contributed by atoms with Crippen molar-refractivity contribution in [1.29, 1.82) is 10.5 Å². The highest BCUT2D eigenvalue weighted by Crippen LogP contribution is 2.52. The molecule has 9 rings (SSSR count). The fourth-order valence-corrected chi connectivity index (χ4v) is 11.9. The molecule has 0 unspecified atom stereocenters. The van der Waals surface area contributed by atoms with Gasteiger partial charge in [0.2, 0.25) is 5.28 Å². The fourth-order valence-electron chi connectivity index (χ4n) is 10.6. The molecule has 2 aromatic carbocycles. The summed E-state index contributed by atoms with van der Waals surface area (Å²) in [7, 11) is 0. The number of fused-ring (bicyclic) bond motifs is 3. The highest BCUT2D eigenvalue weighted by Gasteiger charge is 2.59. The number of piperidine rings is 1. The zero-order chi connectivity index (χ0) is 41.5. The molecular weight excluding hydrogens is 826 g/mol. The van der Waals surface area contributed by atoms with Gasteiger partial charge in [-0.2, -0.15) is 25.2 Å². The molecule has 4 saturated heterocycles. The number of nitrogens with two attached hydrogens (primary N) is 1. The van der Waals surface area contributed by atoms with Gasteiger partial charge < -0.3 is 20.3 Å². The molecule has 0 radical (unpaired) electrons. The number of carbonyl (C=O) groups excluding carboxylic acids is 1. The van der Waals surface area contributed by atoms with Crippen molar-refractivity contribution < 1.29 is 22.7 Å². The van der Waals surface area contributed by atoms with Crippen molar-refractivity contribution in [3.05, 3.63) is 52.0 Å². The van der Waals surface area contributed by atoms with Crippen LogP contribution in [0.25, 0.3) is 32.1 Å². The number of amides is 1. The number of nitrogen functional groups attached to an aromatic ring is 1. The minimum atomic E-state index is -1.00. The zero-order valence-electron chi connectivity index (χ0n) is 32.1. The molecule has 3 aromatic heterocycles. The van der Waals surface area contributed by atoms with Crippen LogP contribution < -0.4 is 15.4 Å². The minimum Gasteiger partial charge on any atom is -0.461 e. The number of halogens is 5. The van der Waals surface area contributed by atoms with Crippen molar-refractivity contribution in [2.45, 2.75) is 63.7 Å². The van der Waals surface area contributed by atoms with Gasteiger partial charge in [-0.05, 0) is 66.9 Å². The van der Waals surface area contributed by atoms with Gasteiger partial charge in [-0.1, -0.05) is 31.5 Å². The Morgan fingerprint density at radius 1 is 1.17 bits per heavy atom. The monoisotopic (exact) mass is 863 g/mol. The number of nitriles is 2. The lowest BCUT2D eigenvalue weighted by atomic mass is 9.60. The summed E-state index contributed by atoms with van der Waals surface area (Å²) in [5.74, 6) is -1.32. The number of likely N-dealkylation sites (tertiary alicyclic amines) is 1. The predicted molar refractivity (Wildman–Crippen MR) is 217 cm³/mol. The van der Waals surface area contributed by atoms with E-state index in [0.717, 1.165) is 35.4 Å². The Kier molecular flexibility index (Phi) is 9.82. The molecule has 4 aliphatic heterocycles. The summed E-state index contributed by atoms with van der Waals surface area (Å²) in [6.07, 6.45) is 3.04. The van der Waals surface area contributed by atoms with Crippen LogP contribution in [0.2, 0.25) is 10.3 Å². The molecule has 5 aromatic rings. The standard InChI is InChI=1S/C40H38Cl2F3N11O2S/c1-20(2)33-39(17-55(33)38(57)56-19-49-36(42)52-56)11-21(6-8-46)14-53(16-39)35-24-10-26(41)29(23-4-5-27(44)32-28(23)25(13-47)34(48)59-32)30(45)31(24)50-37(51-35)58-18-40-7-3-9-54(40)15-22(43)12-40/h4-5,10,19-22,33H,3,6-7,9,11-12,14-18,48H2,1-2H3/t21-,22+,33+,39+,40-/m0/s1. The minimum absolute atomic E-state index is 0.00682. The molecule has 0 saturated carbocycles. The molecule has 1 amide bonds. The lowest BCUT2D eigenvalue weighted by Crippen LogP contribution is -2.74. The molecule has 59 heavy (non-hydrogen) atoms. The second-order valence-corrected chi connectivity index (χ2v) is 18.4. The molecule has 13 nitrogen and oxygen atoms in total. The number of hydrogen-bond donors (Lipinski definition) is 1. The maximum atomic E-state index is 17.5. The molecule has 19 heteroatoms. The molecule has 0 bridgehead atoms. The van der Waals surface area contributed by atoms with Gasteiger partial charge in [-0.3, -0.25) is 4.90 Å². The lowest BCUT2D eigenvalue weighted by Gasteiger charge is -2.63. The smallest absolute Gasteiger partial charge is 0.346 e. The highest BCUT2D eigenvalue weighted by molar-refractivity contribution is 7.23. The SMILES string of the molecule is CC(C)[C@H]1N(C(=O)n2cnc(Cl)n2)C[C@]12C[C@H](CC#N)CN(c1nc(OC[C@@]34CCCN3C[C@H](F)C4)nc3c(F)c(-c4ccc(F)c5sc(N)c(C#N)c45)c(Cl)cc13)C2. The molecular formula is C40H38Cl2F3N11O2S. The molecule has 5 atom stereocenters. The summed E-state index contributed by atoms with van der Waals surface area (Å²) in [4.78, 5) is 33.0. The Hall–Kier alpha value is -4.94. The second kappa shape index (κ2) is 14.7. The lowest BCUT2D eigenvalue weighted by molar-refractivity contribution is -0.0840. The number of rotatable bonds is 7. The molecule has 4 fully saturated rings.